The second-order valence-corrected chi connectivity index (χ2v) is 8.89. The summed E-state index contributed by atoms with van der Waals surface area (Å²) in [5.74, 6) is 0.532. The van der Waals surface area contributed by atoms with E-state index >= 15 is 0 Å². The fraction of sp³-hybridized carbons (Fsp3) is 0.333. The quantitative estimate of drug-likeness (QED) is 0.565. The molecular formula is C21H24ClFN2O5S. The van der Waals surface area contributed by atoms with Crippen molar-refractivity contribution < 1.29 is 26.7 Å². The van der Waals surface area contributed by atoms with Crippen molar-refractivity contribution in [3.8, 4) is 11.5 Å². The zero-order valence-corrected chi connectivity index (χ0v) is 18.7. The first-order valence-corrected chi connectivity index (χ1v) is 11.1. The smallest absolute Gasteiger partial charge is 0.265 e. The van der Waals surface area contributed by atoms with Crippen LogP contribution in [0, 0.1) is 6.92 Å². The van der Waals surface area contributed by atoms with Crippen molar-refractivity contribution >= 4 is 39.1 Å². The highest BCUT2D eigenvalue weighted by Gasteiger charge is 2.28. The number of hydrogen-bond acceptors (Lipinski definition) is 6. The number of anilines is 1. The monoisotopic (exact) mass is 470 g/mol. The third kappa shape index (κ3) is 4.89. The Labute approximate surface area is 186 Å². The van der Waals surface area contributed by atoms with E-state index in [-0.39, 0.29) is 35.3 Å². The summed E-state index contributed by atoms with van der Waals surface area (Å²) >= 11 is 0. The predicted octanol–water partition coefficient (Wildman–Crippen LogP) is 4.05. The third-order valence-electron chi connectivity index (χ3n) is 5.00. The lowest BCUT2D eigenvalue weighted by molar-refractivity contribution is 0.0736. The molecule has 31 heavy (non-hydrogen) atoms. The molecule has 1 fully saturated rings. The van der Waals surface area contributed by atoms with Gasteiger partial charge in [0.15, 0.2) is 11.3 Å². The average Bonchev–Trinajstić information content (AvgIpc) is 3.18. The Morgan fingerprint density at radius 1 is 1.19 bits per heavy atom. The second kappa shape index (κ2) is 9.33. The van der Waals surface area contributed by atoms with E-state index in [0.717, 1.165) is 5.56 Å². The van der Waals surface area contributed by atoms with Crippen molar-refractivity contribution in [3.63, 3.8) is 0 Å². The van der Waals surface area contributed by atoms with Gasteiger partial charge in [0.1, 0.15) is 22.9 Å². The third-order valence-corrected chi connectivity index (χ3v) is 6.41. The molecule has 1 aliphatic rings. The molecule has 1 aliphatic heterocycles. The number of piperidine rings is 1. The number of alkyl halides is 1. The first-order chi connectivity index (χ1) is 14.4. The van der Waals surface area contributed by atoms with Gasteiger partial charge in [-0.2, -0.15) is 0 Å². The van der Waals surface area contributed by atoms with E-state index in [4.69, 9.17) is 13.9 Å². The Bertz CT molecular complexity index is 1170. The molecule has 3 aromatic rings. The van der Waals surface area contributed by atoms with E-state index in [1.165, 1.54) is 25.5 Å². The molecule has 2 heterocycles. The first-order valence-electron chi connectivity index (χ1n) is 9.57. The van der Waals surface area contributed by atoms with Crippen LogP contribution in [0.4, 0.5) is 10.1 Å². The van der Waals surface area contributed by atoms with Crippen molar-refractivity contribution in [2.45, 2.75) is 30.5 Å². The number of furan rings is 1. The molecule has 0 bridgehead atoms. The van der Waals surface area contributed by atoms with E-state index in [1.54, 1.807) is 31.2 Å². The van der Waals surface area contributed by atoms with Crippen LogP contribution in [0.3, 0.4) is 0 Å². The number of methoxy groups -OCH3 is 1. The summed E-state index contributed by atoms with van der Waals surface area (Å²) in [4.78, 5) is 0.0296. The van der Waals surface area contributed by atoms with Gasteiger partial charge in [-0.1, -0.05) is 6.07 Å². The molecule has 2 N–H and O–H groups in total. The van der Waals surface area contributed by atoms with E-state index in [9.17, 15) is 12.8 Å². The van der Waals surface area contributed by atoms with Crippen LogP contribution in [-0.2, 0) is 10.0 Å². The summed E-state index contributed by atoms with van der Waals surface area (Å²) in [6.45, 7) is 2.66. The van der Waals surface area contributed by atoms with Crippen molar-refractivity contribution in [1.29, 1.82) is 0 Å². The summed E-state index contributed by atoms with van der Waals surface area (Å²) in [7, 11) is -2.52. The van der Waals surface area contributed by atoms with Crippen LogP contribution in [0.5, 0.6) is 11.5 Å². The maximum absolute atomic E-state index is 14.2. The highest BCUT2D eigenvalue weighted by atomic mass is 35.5. The van der Waals surface area contributed by atoms with Crippen LogP contribution >= 0.6 is 12.4 Å². The first kappa shape index (κ1) is 23.2. The fourth-order valence-corrected chi connectivity index (χ4v) is 4.79. The predicted molar refractivity (Wildman–Crippen MR) is 119 cm³/mol. The second-order valence-electron chi connectivity index (χ2n) is 7.24. The van der Waals surface area contributed by atoms with Gasteiger partial charge in [-0.3, -0.25) is 4.72 Å². The molecular weight excluding hydrogens is 447 g/mol. The van der Waals surface area contributed by atoms with Crippen LogP contribution in [0.2, 0.25) is 0 Å². The normalized spacial score (nSPS) is 18.9. The molecule has 4 rings (SSSR count). The molecule has 0 radical (unpaired) electrons. The van der Waals surface area contributed by atoms with Gasteiger partial charge in [-0.25, -0.2) is 12.8 Å². The van der Waals surface area contributed by atoms with Crippen molar-refractivity contribution in [2.75, 3.05) is 24.9 Å². The van der Waals surface area contributed by atoms with Crippen LogP contribution in [0.25, 0.3) is 11.0 Å². The fourth-order valence-electron chi connectivity index (χ4n) is 3.49. The van der Waals surface area contributed by atoms with Gasteiger partial charge in [-0.15, -0.1) is 12.4 Å². The molecule has 0 aliphatic carbocycles. The van der Waals surface area contributed by atoms with Gasteiger partial charge in [-0.05, 0) is 49.7 Å². The molecule has 2 aromatic carbocycles. The Kier molecular flexibility index (Phi) is 6.98. The Morgan fingerprint density at radius 3 is 2.74 bits per heavy atom. The molecule has 1 aromatic heterocycles. The van der Waals surface area contributed by atoms with Crippen LogP contribution < -0.4 is 19.5 Å². The summed E-state index contributed by atoms with van der Waals surface area (Å²) in [5.41, 5.74) is 1.51. The molecule has 0 unspecified atom stereocenters. The minimum absolute atomic E-state index is 0. The average molecular weight is 471 g/mol. The number of hydrogen-bond donors (Lipinski definition) is 2. The topological polar surface area (TPSA) is 89.8 Å². The number of aryl methyl sites for hydroxylation is 1. The van der Waals surface area contributed by atoms with Gasteiger partial charge in [0.25, 0.3) is 10.0 Å². The minimum Gasteiger partial charge on any atom is -0.495 e. The van der Waals surface area contributed by atoms with Gasteiger partial charge < -0.3 is 19.2 Å². The largest absolute Gasteiger partial charge is 0.495 e. The molecule has 2 atom stereocenters. The Balaban J connectivity index is 0.00000272. The molecule has 0 amide bonds. The van der Waals surface area contributed by atoms with E-state index in [2.05, 4.69) is 10.0 Å². The number of nitrogens with one attached hydrogen (secondary N) is 2. The molecule has 7 nitrogen and oxygen atoms in total. The molecule has 1 saturated heterocycles. The minimum atomic E-state index is -3.94. The number of ether oxygens (including phenoxy) is 2. The van der Waals surface area contributed by atoms with Gasteiger partial charge in [0.2, 0.25) is 0 Å². The van der Waals surface area contributed by atoms with E-state index < -0.39 is 22.3 Å². The van der Waals surface area contributed by atoms with Gasteiger partial charge >= 0.3 is 0 Å². The lowest BCUT2D eigenvalue weighted by Gasteiger charge is -2.27. The molecule has 168 valence electrons. The summed E-state index contributed by atoms with van der Waals surface area (Å²) in [6, 6.07) is 9.77. The summed E-state index contributed by atoms with van der Waals surface area (Å²) < 4.78 is 59.5. The van der Waals surface area contributed by atoms with Gasteiger partial charge in [0.05, 0.1) is 19.1 Å². The van der Waals surface area contributed by atoms with Crippen LogP contribution in [0.1, 0.15) is 12.0 Å². The number of fused-ring (bicyclic) bond motifs is 1. The maximum atomic E-state index is 14.2. The number of halogens is 2. The maximum Gasteiger partial charge on any atom is 0.265 e. The highest BCUT2D eigenvalue weighted by molar-refractivity contribution is 7.92. The zero-order chi connectivity index (χ0) is 21.3. The lowest BCUT2D eigenvalue weighted by Crippen LogP contribution is -2.44. The standard InChI is InChI=1S/C21H23FN2O5S.ClH/c1-13-3-4-18(27-2)20(9-13)30(25,26)24-15-10-14-6-8-28-21(14)19(11-15)29-17-5-7-23-12-16(17)22;/h3-4,6,8-11,16-17,23-24H,5,7,12H2,1-2H3;1H/t16-,17-;/m0./s1. The van der Waals surface area contributed by atoms with Crippen LogP contribution in [0.15, 0.2) is 52.0 Å². The SMILES string of the molecule is COc1ccc(C)cc1S(=O)(=O)Nc1cc(O[C@H]2CCNC[C@@H]2F)c2occc2c1.Cl. The number of rotatable bonds is 6. The molecule has 0 saturated carbocycles. The Morgan fingerprint density at radius 2 is 2.00 bits per heavy atom. The van der Waals surface area contributed by atoms with E-state index in [0.29, 0.717) is 29.7 Å². The number of sulfonamides is 1. The summed E-state index contributed by atoms with van der Waals surface area (Å²) in [6.07, 6.45) is 0.179. The molecule has 0 spiro atoms. The molecule has 10 heteroatoms. The lowest BCUT2D eigenvalue weighted by atomic mass is 10.1. The summed E-state index contributed by atoms with van der Waals surface area (Å²) in [5, 5.41) is 3.62. The van der Waals surface area contributed by atoms with E-state index in [1.807, 2.05) is 0 Å². The van der Waals surface area contributed by atoms with Crippen LogP contribution in [-0.4, -0.2) is 40.9 Å². The zero-order valence-electron chi connectivity index (χ0n) is 17.1. The van der Waals surface area contributed by atoms with Crippen molar-refractivity contribution in [1.82, 2.24) is 5.32 Å². The Hall–Kier alpha value is -2.49. The van der Waals surface area contributed by atoms with Crippen molar-refractivity contribution in [2.24, 2.45) is 0 Å². The van der Waals surface area contributed by atoms with Gasteiger partial charge in [0, 0.05) is 18.0 Å². The number of benzene rings is 2. The highest BCUT2D eigenvalue weighted by Crippen LogP contribution is 2.34. The van der Waals surface area contributed by atoms with Crippen molar-refractivity contribution in [3.05, 3.63) is 48.2 Å².